The molecule has 1 aromatic carbocycles. The van der Waals surface area contributed by atoms with Gasteiger partial charge >= 0.3 is 0 Å². The number of amides is 1. The van der Waals surface area contributed by atoms with Gasteiger partial charge in [-0.15, -0.1) is 11.8 Å². The zero-order valence-electron chi connectivity index (χ0n) is 12.3. The van der Waals surface area contributed by atoms with Crippen LogP contribution < -0.4 is 5.73 Å². The SMILES string of the molecule is CSc1ccc(-c2nc(C3(C(N)=O)CC3)n(CCO)n2)cc1. The number of aromatic nitrogens is 3. The van der Waals surface area contributed by atoms with Crippen molar-refractivity contribution >= 4 is 17.7 Å². The molecule has 1 fully saturated rings. The van der Waals surface area contributed by atoms with E-state index in [1.54, 1.807) is 16.4 Å². The van der Waals surface area contributed by atoms with Crippen LogP contribution in [0.3, 0.4) is 0 Å². The Kier molecular flexibility index (Phi) is 3.92. The number of aliphatic hydroxyl groups excluding tert-OH is 1. The molecule has 3 rings (SSSR count). The number of carbonyl (C=O) groups is 1. The molecule has 0 aliphatic heterocycles. The molecule has 2 aromatic rings. The molecule has 0 saturated heterocycles. The van der Waals surface area contributed by atoms with Gasteiger partial charge in [-0.3, -0.25) is 4.79 Å². The van der Waals surface area contributed by atoms with Gasteiger partial charge in [-0.25, -0.2) is 9.67 Å². The Bertz CT molecular complexity index is 692. The number of hydrogen-bond donors (Lipinski definition) is 2. The van der Waals surface area contributed by atoms with Gasteiger partial charge in [0.15, 0.2) is 5.82 Å². The first kappa shape index (κ1) is 15.1. The number of nitrogens with zero attached hydrogens (tertiary/aromatic N) is 3. The molecule has 0 radical (unpaired) electrons. The van der Waals surface area contributed by atoms with Crippen LogP contribution in [0, 0.1) is 0 Å². The highest BCUT2D eigenvalue weighted by Gasteiger charge is 2.54. The zero-order valence-corrected chi connectivity index (χ0v) is 13.1. The van der Waals surface area contributed by atoms with E-state index in [9.17, 15) is 9.90 Å². The van der Waals surface area contributed by atoms with Crippen LogP contribution in [-0.2, 0) is 16.8 Å². The fourth-order valence-corrected chi connectivity index (χ4v) is 2.92. The highest BCUT2D eigenvalue weighted by atomic mass is 32.2. The number of primary amides is 1. The maximum atomic E-state index is 11.7. The number of rotatable bonds is 6. The number of hydrogen-bond acceptors (Lipinski definition) is 5. The third-order valence-corrected chi connectivity index (χ3v) is 4.73. The molecule has 1 amide bonds. The van der Waals surface area contributed by atoms with Gasteiger partial charge in [-0.1, -0.05) is 12.1 Å². The summed E-state index contributed by atoms with van der Waals surface area (Å²) in [5.41, 5.74) is 5.71. The number of benzene rings is 1. The van der Waals surface area contributed by atoms with Gasteiger partial charge in [0.1, 0.15) is 11.2 Å². The van der Waals surface area contributed by atoms with Crippen molar-refractivity contribution < 1.29 is 9.90 Å². The van der Waals surface area contributed by atoms with Crippen LogP contribution in [0.4, 0.5) is 0 Å². The monoisotopic (exact) mass is 318 g/mol. The van der Waals surface area contributed by atoms with Crippen LogP contribution in [0.15, 0.2) is 29.2 Å². The summed E-state index contributed by atoms with van der Waals surface area (Å²) in [5, 5.41) is 13.7. The quantitative estimate of drug-likeness (QED) is 0.780. The average Bonchev–Trinajstić information content (AvgIpc) is 3.24. The second-order valence-corrected chi connectivity index (χ2v) is 6.26. The van der Waals surface area contributed by atoms with Gasteiger partial charge in [0, 0.05) is 10.5 Å². The van der Waals surface area contributed by atoms with Gasteiger partial charge in [-0.05, 0) is 31.2 Å². The van der Waals surface area contributed by atoms with E-state index >= 15 is 0 Å². The van der Waals surface area contributed by atoms with E-state index in [0.717, 1.165) is 10.5 Å². The third-order valence-electron chi connectivity index (χ3n) is 3.98. The van der Waals surface area contributed by atoms with E-state index in [4.69, 9.17) is 5.73 Å². The molecule has 0 bridgehead atoms. The maximum Gasteiger partial charge on any atom is 0.231 e. The smallest absolute Gasteiger partial charge is 0.231 e. The highest BCUT2D eigenvalue weighted by molar-refractivity contribution is 7.98. The summed E-state index contributed by atoms with van der Waals surface area (Å²) in [6.45, 7) is 0.246. The fraction of sp³-hybridized carbons (Fsp3) is 0.400. The predicted octanol–water partition coefficient (Wildman–Crippen LogP) is 1.18. The van der Waals surface area contributed by atoms with Crippen molar-refractivity contribution in [3.8, 4) is 11.4 Å². The molecule has 3 N–H and O–H groups in total. The second-order valence-electron chi connectivity index (χ2n) is 5.38. The van der Waals surface area contributed by atoms with E-state index < -0.39 is 5.41 Å². The molecule has 1 saturated carbocycles. The van der Waals surface area contributed by atoms with Crippen LogP contribution in [0.1, 0.15) is 18.7 Å². The van der Waals surface area contributed by atoms with Crippen molar-refractivity contribution in [1.29, 1.82) is 0 Å². The van der Waals surface area contributed by atoms with Gasteiger partial charge in [0.05, 0.1) is 13.2 Å². The minimum Gasteiger partial charge on any atom is -0.394 e. The van der Waals surface area contributed by atoms with Gasteiger partial charge in [0.25, 0.3) is 0 Å². The summed E-state index contributed by atoms with van der Waals surface area (Å²) in [7, 11) is 0. The van der Waals surface area contributed by atoms with Gasteiger partial charge in [-0.2, -0.15) is 5.10 Å². The first-order chi connectivity index (χ1) is 10.6. The Hall–Kier alpha value is -1.86. The van der Waals surface area contributed by atoms with Crippen molar-refractivity contribution in [2.75, 3.05) is 12.9 Å². The molecular formula is C15H18N4O2S. The minimum absolute atomic E-state index is 0.0595. The molecule has 7 heteroatoms. The molecule has 0 atom stereocenters. The first-order valence-electron chi connectivity index (χ1n) is 7.11. The van der Waals surface area contributed by atoms with Crippen LogP contribution in [0.5, 0.6) is 0 Å². The van der Waals surface area contributed by atoms with Crippen molar-refractivity contribution in [3.05, 3.63) is 30.1 Å². The molecule has 1 aliphatic rings. The summed E-state index contributed by atoms with van der Waals surface area (Å²) in [4.78, 5) is 17.5. The largest absolute Gasteiger partial charge is 0.394 e. The summed E-state index contributed by atoms with van der Waals surface area (Å²) in [6.07, 6.45) is 3.40. The summed E-state index contributed by atoms with van der Waals surface area (Å²) in [6, 6.07) is 7.93. The average molecular weight is 318 g/mol. The molecule has 0 spiro atoms. The molecule has 1 aromatic heterocycles. The maximum absolute atomic E-state index is 11.7. The topological polar surface area (TPSA) is 94.0 Å². The predicted molar refractivity (Wildman–Crippen MR) is 84.4 cm³/mol. The van der Waals surface area contributed by atoms with Crippen LogP contribution in [-0.4, -0.2) is 38.6 Å². The molecule has 22 heavy (non-hydrogen) atoms. The molecular weight excluding hydrogens is 300 g/mol. The molecule has 1 aliphatic carbocycles. The number of nitrogens with two attached hydrogens (primary N) is 1. The summed E-state index contributed by atoms with van der Waals surface area (Å²) in [5.74, 6) is 0.755. The fourth-order valence-electron chi connectivity index (χ4n) is 2.51. The van der Waals surface area contributed by atoms with Crippen molar-refractivity contribution in [3.63, 3.8) is 0 Å². The van der Waals surface area contributed by atoms with E-state index in [2.05, 4.69) is 10.1 Å². The lowest BCUT2D eigenvalue weighted by molar-refractivity contribution is -0.120. The van der Waals surface area contributed by atoms with E-state index in [-0.39, 0.29) is 12.5 Å². The number of aliphatic hydroxyl groups is 1. The summed E-state index contributed by atoms with van der Waals surface area (Å²) >= 11 is 1.67. The Balaban J connectivity index is 2.01. The lowest BCUT2D eigenvalue weighted by atomic mass is 10.1. The lowest BCUT2D eigenvalue weighted by Crippen LogP contribution is -2.32. The van der Waals surface area contributed by atoms with Gasteiger partial charge < -0.3 is 10.8 Å². The highest BCUT2D eigenvalue weighted by Crippen LogP contribution is 2.47. The van der Waals surface area contributed by atoms with Crippen LogP contribution in [0.25, 0.3) is 11.4 Å². The summed E-state index contributed by atoms with van der Waals surface area (Å²) < 4.78 is 1.61. The van der Waals surface area contributed by atoms with E-state index in [0.29, 0.717) is 31.0 Å². The second kappa shape index (κ2) is 5.73. The molecule has 0 unspecified atom stereocenters. The Morgan fingerprint density at radius 2 is 2.09 bits per heavy atom. The molecule has 1 heterocycles. The first-order valence-corrected chi connectivity index (χ1v) is 8.34. The Morgan fingerprint density at radius 3 is 2.59 bits per heavy atom. The molecule has 116 valence electrons. The van der Waals surface area contributed by atoms with Crippen LogP contribution in [0.2, 0.25) is 0 Å². The number of thioether (sulfide) groups is 1. The third kappa shape index (κ3) is 2.50. The Morgan fingerprint density at radius 1 is 1.41 bits per heavy atom. The standard InChI is InChI=1S/C15H18N4O2S/c1-22-11-4-2-10(3-5-11)12-17-14(19(18-12)8-9-20)15(6-7-15)13(16)21/h2-5,20H,6-9H2,1H3,(H2,16,21). The van der Waals surface area contributed by atoms with E-state index in [1.807, 2.05) is 30.5 Å². The van der Waals surface area contributed by atoms with Crippen LogP contribution >= 0.6 is 11.8 Å². The van der Waals surface area contributed by atoms with Crippen molar-refractivity contribution in [1.82, 2.24) is 14.8 Å². The Labute approximate surface area is 132 Å². The van der Waals surface area contributed by atoms with Crippen molar-refractivity contribution in [2.24, 2.45) is 5.73 Å². The zero-order chi connectivity index (χ0) is 15.7. The lowest BCUT2D eigenvalue weighted by Gasteiger charge is -2.10. The number of carbonyl (C=O) groups excluding carboxylic acids is 1. The molecule has 6 nitrogen and oxygen atoms in total. The minimum atomic E-state index is -0.709. The normalized spacial score (nSPS) is 15.7. The van der Waals surface area contributed by atoms with Gasteiger partial charge in [0.2, 0.25) is 5.91 Å². The van der Waals surface area contributed by atoms with E-state index in [1.165, 1.54) is 0 Å². The van der Waals surface area contributed by atoms with Crippen molar-refractivity contribution in [2.45, 2.75) is 29.7 Å².